The van der Waals surface area contributed by atoms with Gasteiger partial charge in [0.15, 0.2) is 11.5 Å². The van der Waals surface area contributed by atoms with E-state index >= 15 is 0 Å². The number of ether oxygens (including phenoxy) is 2. The molecule has 3 fully saturated rings. The molecular formula is C29H43N9O3S. The highest BCUT2D eigenvalue weighted by Crippen LogP contribution is 2.33. The molecule has 6 rings (SSSR count). The van der Waals surface area contributed by atoms with Crippen molar-refractivity contribution in [3.8, 4) is 5.75 Å². The molecule has 12 nitrogen and oxygen atoms in total. The topological polar surface area (TPSA) is 124 Å². The van der Waals surface area contributed by atoms with Crippen molar-refractivity contribution in [3.05, 3.63) is 24.5 Å². The van der Waals surface area contributed by atoms with Crippen LogP contribution in [0, 0.1) is 0 Å². The molecule has 2 aromatic heterocycles. The summed E-state index contributed by atoms with van der Waals surface area (Å²) in [4.78, 5) is 21.7. The van der Waals surface area contributed by atoms with Gasteiger partial charge in [0, 0.05) is 62.8 Å². The van der Waals surface area contributed by atoms with Crippen LogP contribution in [-0.4, -0.2) is 111 Å². The fourth-order valence-corrected chi connectivity index (χ4v) is 7.25. The van der Waals surface area contributed by atoms with Gasteiger partial charge in [-0.2, -0.15) is 9.97 Å². The van der Waals surface area contributed by atoms with E-state index < -0.39 is 11.0 Å². The number of fused-ring (bicyclic) bond motifs is 1. The SMILES string of the molecule is COc1cc(N2CCN(S(=O)CCCN3CCOCC3)CC2)ccc1Nc1nc(NC2CCCCC2)c2[nH]cnc2n1. The van der Waals surface area contributed by atoms with E-state index in [4.69, 9.17) is 14.5 Å². The van der Waals surface area contributed by atoms with Crippen molar-refractivity contribution in [1.29, 1.82) is 0 Å². The highest BCUT2D eigenvalue weighted by atomic mass is 32.2. The number of hydrogen-bond donors (Lipinski definition) is 3. The van der Waals surface area contributed by atoms with Crippen LogP contribution >= 0.6 is 0 Å². The first kappa shape index (κ1) is 29.1. The molecule has 3 aliphatic rings. The highest BCUT2D eigenvalue weighted by molar-refractivity contribution is 7.82. The van der Waals surface area contributed by atoms with Gasteiger partial charge >= 0.3 is 0 Å². The lowest BCUT2D eigenvalue weighted by Gasteiger charge is -2.35. The van der Waals surface area contributed by atoms with E-state index in [2.05, 4.69) is 45.8 Å². The van der Waals surface area contributed by atoms with E-state index in [0.29, 0.717) is 23.4 Å². The number of morpholine rings is 1. The molecule has 1 saturated carbocycles. The van der Waals surface area contributed by atoms with Crippen molar-refractivity contribution in [3.63, 3.8) is 0 Å². The molecule has 1 atom stereocenters. The summed E-state index contributed by atoms with van der Waals surface area (Å²) in [6.45, 7) is 7.76. The number of piperazine rings is 1. The number of methoxy groups -OCH3 is 1. The number of rotatable bonds is 11. The lowest BCUT2D eigenvalue weighted by Crippen LogP contribution is -2.47. The number of nitrogens with zero attached hydrogens (tertiary/aromatic N) is 6. The monoisotopic (exact) mass is 597 g/mol. The van der Waals surface area contributed by atoms with Gasteiger partial charge in [-0.3, -0.25) is 4.90 Å². The summed E-state index contributed by atoms with van der Waals surface area (Å²) in [6.07, 6.45) is 8.69. The van der Waals surface area contributed by atoms with Gasteiger partial charge in [-0.25, -0.2) is 13.5 Å². The predicted octanol–water partition coefficient (Wildman–Crippen LogP) is 3.36. The Kier molecular flexibility index (Phi) is 9.68. The standard InChI is InChI=1S/C29H43N9O3S/c1-40-25-20-23(37-11-13-38(14-12-37)42(39)19-5-10-36-15-17-41-18-16-36)8-9-24(25)33-29-34-27-26(30-21-31-27)28(35-29)32-22-6-3-2-4-7-22/h8-9,20-22H,2-7,10-19H2,1H3,(H3,30,31,32,33,34,35). The Labute approximate surface area is 250 Å². The zero-order valence-corrected chi connectivity index (χ0v) is 25.3. The van der Waals surface area contributed by atoms with Gasteiger partial charge in [-0.05, 0) is 37.9 Å². The number of aromatic nitrogens is 4. The molecule has 13 heteroatoms. The first-order chi connectivity index (χ1) is 20.7. The van der Waals surface area contributed by atoms with E-state index in [9.17, 15) is 4.21 Å². The van der Waals surface area contributed by atoms with E-state index in [1.54, 1.807) is 13.4 Å². The van der Waals surface area contributed by atoms with Gasteiger partial charge < -0.3 is 30.0 Å². The van der Waals surface area contributed by atoms with Crippen molar-refractivity contribution in [2.45, 2.75) is 44.6 Å². The maximum absolute atomic E-state index is 12.9. The Morgan fingerprint density at radius 3 is 2.67 bits per heavy atom. The second-order valence-corrected chi connectivity index (χ2v) is 12.8. The van der Waals surface area contributed by atoms with Crippen molar-refractivity contribution in [1.82, 2.24) is 29.1 Å². The fourth-order valence-electron chi connectivity index (χ4n) is 6.05. The Hall–Kier alpha value is -3.00. The summed E-state index contributed by atoms with van der Waals surface area (Å²) >= 11 is 0. The van der Waals surface area contributed by atoms with Crippen LogP contribution in [0.3, 0.4) is 0 Å². The van der Waals surface area contributed by atoms with E-state index in [1.807, 2.05) is 12.1 Å². The number of H-pyrrole nitrogens is 1. The van der Waals surface area contributed by atoms with Crippen molar-refractivity contribution in [2.24, 2.45) is 0 Å². The summed E-state index contributed by atoms with van der Waals surface area (Å²) in [5.41, 5.74) is 3.32. The van der Waals surface area contributed by atoms with Crippen LogP contribution in [0.4, 0.5) is 23.1 Å². The summed E-state index contributed by atoms with van der Waals surface area (Å²) in [5, 5.41) is 6.98. The first-order valence-electron chi connectivity index (χ1n) is 15.3. The molecule has 0 bridgehead atoms. The predicted molar refractivity (Wildman–Crippen MR) is 167 cm³/mol. The lowest BCUT2D eigenvalue weighted by atomic mass is 9.95. The second kappa shape index (κ2) is 14.0. The molecular weight excluding hydrogens is 554 g/mol. The molecule has 0 amide bonds. The largest absolute Gasteiger partial charge is 0.494 e. The van der Waals surface area contributed by atoms with Crippen molar-refractivity contribution in [2.75, 3.05) is 87.4 Å². The molecule has 1 aromatic carbocycles. The number of anilines is 4. The van der Waals surface area contributed by atoms with E-state index in [0.717, 1.165) is 107 Å². The third-order valence-electron chi connectivity index (χ3n) is 8.45. The molecule has 2 aliphatic heterocycles. The Morgan fingerprint density at radius 1 is 1.07 bits per heavy atom. The van der Waals surface area contributed by atoms with Gasteiger partial charge in [-0.1, -0.05) is 19.3 Å². The first-order valence-corrected chi connectivity index (χ1v) is 16.5. The number of imidazole rings is 1. The van der Waals surface area contributed by atoms with Gasteiger partial charge in [-0.15, -0.1) is 0 Å². The molecule has 1 unspecified atom stereocenters. The van der Waals surface area contributed by atoms with Crippen LogP contribution in [0.1, 0.15) is 38.5 Å². The van der Waals surface area contributed by atoms with Crippen molar-refractivity contribution < 1.29 is 13.7 Å². The summed E-state index contributed by atoms with van der Waals surface area (Å²) in [7, 11) is 0.738. The lowest BCUT2D eigenvalue weighted by molar-refractivity contribution is 0.0381. The molecule has 3 aromatic rings. The van der Waals surface area contributed by atoms with Gasteiger partial charge in [0.05, 0.1) is 43.3 Å². The number of aromatic amines is 1. The van der Waals surface area contributed by atoms with Gasteiger partial charge in [0.25, 0.3) is 0 Å². The Bertz CT molecular complexity index is 1340. The van der Waals surface area contributed by atoms with Crippen LogP contribution < -0.4 is 20.3 Å². The minimum absolute atomic E-state index is 0.412. The number of nitrogens with one attached hydrogen (secondary N) is 3. The second-order valence-electron chi connectivity index (χ2n) is 11.2. The molecule has 42 heavy (non-hydrogen) atoms. The number of hydrogen-bond acceptors (Lipinski definition) is 10. The van der Waals surface area contributed by atoms with Crippen LogP contribution in [0.5, 0.6) is 5.75 Å². The molecule has 3 N–H and O–H groups in total. The average molecular weight is 598 g/mol. The van der Waals surface area contributed by atoms with Crippen molar-refractivity contribution >= 4 is 45.3 Å². The summed E-state index contributed by atoms with van der Waals surface area (Å²) < 4.78 is 26.2. The van der Waals surface area contributed by atoms with Crippen LogP contribution in [-0.2, 0) is 15.7 Å². The van der Waals surface area contributed by atoms with Gasteiger partial charge in [0.1, 0.15) is 11.3 Å². The highest BCUT2D eigenvalue weighted by Gasteiger charge is 2.23. The van der Waals surface area contributed by atoms with E-state index in [-0.39, 0.29) is 0 Å². The minimum atomic E-state index is -0.939. The minimum Gasteiger partial charge on any atom is -0.494 e. The zero-order valence-electron chi connectivity index (χ0n) is 24.5. The maximum Gasteiger partial charge on any atom is 0.231 e. The third kappa shape index (κ3) is 7.13. The Balaban J connectivity index is 1.06. The smallest absolute Gasteiger partial charge is 0.231 e. The summed E-state index contributed by atoms with van der Waals surface area (Å²) in [5.74, 6) is 2.69. The summed E-state index contributed by atoms with van der Waals surface area (Å²) in [6, 6.07) is 6.56. The molecule has 2 saturated heterocycles. The molecule has 0 spiro atoms. The average Bonchev–Trinajstić information content (AvgIpc) is 3.51. The molecule has 228 valence electrons. The zero-order chi connectivity index (χ0) is 28.7. The quantitative estimate of drug-likeness (QED) is 0.303. The Morgan fingerprint density at radius 2 is 1.88 bits per heavy atom. The number of benzene rings is 1. The molecule has 1 aliphatic carbocycles. The maximum atomic E-state index is 12.9. The molecule has 0 radical (unpaired) electrons. The van der Waals surface area contributed by atoms with Crippen LogP contribution in [0.25, 0.3) is 11.2 Å². The molecule has 4 heterocycles. The third-order valence-corrected chi connectivity index (χ3v) is 10.0. The van der Waals surface area contributed by atoms with E-state index in [1.165, 1.54) is 19.3 Å². The normalized spacial score (nSPS) is 20.1. The fraction of sp³-hybridized carbons (Fsp3) is 0.621. The van der Waals surface area contributed by atoms with Gasteiger partial charge in [0.2, 0.25) is 5.95 Å². The van der Waals surface area contributed by atoms with Crippen LogP contribution in [0.2, 0.25) is 0 Å². The van der Waals surface area contributed by atoms with Crippen LogP contribution in [0.15, 0.2) is 24.5 Å².